The predicted octanol–water partition coefficient (Wildman–Crippen LogP) is 5.75. The lowest BCUT2D eigenvalue weighted by molar-refractivity contribution is -0.383. The molecule has 0 saturated carbocycles. The second kappa shape index (κ2) is 8.48. The number of nitro benzene ring substituents is 1. The summed E-state index contributed by atoms with van der Waals surface area (Å²) in [4.78, 5) is 10.7. The molecule has 5 nitrogen and oxygen atoms in total. The van der Waals surface area contributed by atoms with Crippen LogP contribution in [0.25, 0.3) is 0 Å². The van der Waals surface area contributed by atoms with E-state index < -0.39 is 23.6 Å². The fourth-order valence-corrected chi connectivity index (χ4v) is 3.65. The molecule has 1 atom stereocenters. The van der Waals surface area contributed by atoms with Crippen LogP contribution in [0.15, 0.2) is 30.3 Å². The van der Waals surface area contributed by atoms with Crippen LogP contribution in [0.3, 0.4) is 0 Å². The van der Waals surface area contributed by atoms with E-state index in [4.69, 9.17) is 32.7 Å². The van der Waals surface area contributed by atoms with Crippen molar-refractivity contribution in [2.45, 2.75) is 19.5 Å². The zero-order valence-electron chi connectivity index (χ0n) is 14.0. The quantitative estimate of drug-likeness (QED) is 0.326. The van der Waals surface area contributed by atoms with Crippen molar-refractivity contribution in [3.63, 3.8) is 0 Å². The Balaban J connectivity index is 2.52. The molecule has 2 aromatic carbocycles. The standard InChI is InChI=1S/C16H13ClF3NO4PS/c1-3-9-6-12(21(22)23)15(26(27)24-2)8-14(9)25-13-5-4-10(7-11(13)17)16(18,19)20/h4-8H,3H2,1-2H3/q+1. The van der Waals surface area contributed by atoms with E-state index in [9.17, 15) is 23.3 Å². The number of ether oxygens (including phenoxy) is 1. The number of nitro groups is 1. The molecule has 11 heteroatoms. The Morgan fingerprint density at radius 2 is 1.93 bits per heavy atom. The van der Waals surface area contributed by atoms with E-state index >= 15 is 0 Å². The van der Waals surface area contributed by atoms with Gasteiger partial charge in [-0.15, -0.1) is 0 Å². The number of hydrogen-bond donors (Lipinski definition) is 0. The molecule has 0 aliphatic heterocycles. The number of hydrogen-bond acceptors (Lipinski definition) is 5. The van der Waals surface area contributed by atoms with Gasteiger partial charge in [0.1, 0.15) is 11.5 Å². The molecule has 0 aromatic heterocycles. The van der Waals surface area contributed by atoms with Gasteiger partial charge >= 0.3 is 18.8 Å². The van der Waals surface area contributed by atoms with E-state index in [-0.39, 0.29) is 27.5 Å². The minimum atomic E-state index is -4.53. The smallest absolute Gasteiger partial charge is 0.416 e. The van der Waals surface area contributed by atoms with Crippen molar-refractivity contribution in [2.24, 2.45) is 0 Å². The van der Waals surface area contributed by atoms with Crippen LogP contribution in [0, 0.1) is 10.1 Å². The van der Waals surface area contributed by atoms with Gasteiger partial charge in [-0.05, 0) is 24.6 Å². The molecular formula is C16H13ClF3NO4PS+. The molecule has 0 radical (unpaired) electrons. The first-order chi connectivity index (χ1) is 12.6. The number of nitrogens with zero attached hydrogens (tertiary/aromatic N) is 1. The highest BCUT2D eigenvalue weighted by molar-refractivity contribution is 8.06. The molecule has 27 heavy (non-hydrogen) atoms. The third-order valence-corrected chi connectivity index (χ3v) is 5.99. The molecule has 0 aliphatic carbocycles. The SMILES string of the molecule is CCc1cc([N+](=O)[O-])c([P+](=S)OC)cc1Oc1ccc(C(F)(F)F)cc1Cl. The third-order valence-electron chi connectivity index (χ3n) is 3.58. The topological polar surface area (TPSA) is 61.6 Å². The van der Waals surface area contributed by atoms with Crippen LogP contribution >= 0.6 is 18.5 Å². The first-order valence-corrected chi connectivity index (χ1v) is 10.1. The Bertz CT molecular complexity index is 908. The van der Waals surface area contributed by atoms with Crippen molar-refractivity contribution in [1.82, 2.24) is 0 Å². The van der Waals surface area contributed by atoms with Crippen LogP contribution in [-0.2, 0) is 28.9 Å². The Labute approximate surface area is 163 Å². The minimum absolute atomic E-state index is 0.00900. The van der Waals surface area contributed by atoms with Gasteiger partial charge in [-0.2, -0.15) is 17.7 Å². The van der Waals surface area contributed by atoms with E-state index in [1.165, 1.54) is 19.2 Å². The molecule has 1 unspecified atom stereocenters. The van der Waals surface area contributed by atoms with Gasteiger partial charge in [0.2, 0.25) is 11.8 Å². The van der Waals surface area contributed by atoms with Crippen molar-refractivity contribution in [3.05, 3.63) is 56.6 Å². The maximum Gasteiger partial charge on any atom is 0.416 e. The molecular weight excluding hydrogens is 426 g/mol. The summed E-state index contributed by atoms with van der Waals surface area (Å²) in [6, 6.07) is 5.40. The van der Waals surface area contributed by atoms with E-state index in [2.05, 4.69) is 0 Å². The fourth-order valence-electron chi connectivity index (χ4n) is 2.24. The largest absolute Gasteiger partial charge is 0.455 e. The summed E-state index contributed by atoms with van der Waals surface area (Å²) >= 11 is 11.0. The number of rotatable bonds is 6. The summed E-state index contributed by atoms with van der Waals surface area (Å²) in [7, 11) is 1.34. The number of aryl methyl sites for hydroxylation is 1. The van der Waals surface area contributed by atoms with Crippen LogP contribution in [0.2, 0.25) is 5.02 Å². The molecule has 0 aliphatic rings. The molecule has 0 amide bonds. The Morgan fingerprint density at radius 1 is 1.26 bits per heavy atom. The summed E-state index contributed by atoms with van der Waals surface area (Å²) in [5.41, 5.74) is -0.620. The summed E-state index contributed by atoms with van der Waals surface area (Å²) in [6.07, 6.45) is -4.15. The van der Waals surface area contributed by atoms with Gasteiger partial charge in [-0.3, -0.25) is 10.1 Å². The molecule has 144 valence electrons. The van der Waals surface area contributed by atoms with Crippen molar-refractivity contribution in [2.75, 3.05) is 7.11 Å². The Hall–Kier alpha value is -1.80. The maximum atomic E-state index is 12.8. The maximum absolute atomic E-state index is 12.8. The average Bonchev–Trinajstić information content (AvgIpc) is 2.61. The van der Waals surface area contributed by atoms with Gasteiger partial charge in [-0.25, -0.2) is 0 Å². The third kappa shape index (κ3) is 4.93. The average molecular weight is 439 g/mol. The molecule has 0 spiro atoms. The van der Waals surface area contributed by atoms with Gasteiger partial charge in [0, 0.05) is 17.7 Å². The molecule has 2 rings (SSSR count). The number of alkyl halides is 3. The fraction of sp³-hybridized carbons (Fsp3) is 0.250. The monoisotopic (exact) mass is 438 g/mol. The first kappa shape index (κ1) is 21.5. The summed E-state index contributed by atoms with van der Waals surface area (Å²) in [6.45, 7) is 0.0735. The van der Waals surface area contributed by atoms with Crippen LogP contribution in [-0.4, -0.2) is 12.0 Å². The molecule has 0 heterocycles. The lowest BCUT2D eigenvalue weighted by atomic mass is 10.1. The first-order valence-electron chi connectivity index (χ1n) is 7.45. The molecule has 0 bridgehead atoms. The van der Waals surface area contributed by atoms with Gasteiger partial charge in [0.25, 0.3) is 5.30 Å². The molecule has 0 fully saturated rings. The summed E-state index contributed by atoms with van der Waals surface area (Å²) in [5, 5.41) is 11.2. The van der Waals surface area contributed by atoms with Gasteiger partial charge < -0.3 is 4.74 Å². The number of halogens is 4. The summed E-state index contributed by atoms with van der Waals surface area (Å²) < 4.78 is 49.0. The van der Waals surface area contributed by atoms with E-state index in [1.54, 1.807) is 6.92 Å². The predicted molar refractivity (Wildman–Crippen MR) is 99.9 cm³/mol. The van der Waals surface area contributed by atoms with Gasteiger partial charge in [0.05, 0.1) is 22.6 Å². The molecule has 2 aromatic rings. The molecule has 0 N–H and O–H groups in total. The van der Waals surface area contributed by atoms with Crippen molar-refractivity contribution < 1.29 is 27.4 Å². The lowest BCUT2D eigenvalue weighted by Crippen LogP contribution is -2.09. The zero-order valence-corrected chi connectivity index (χ0v) is 16.5. The van der Waals surface area contributed by atoms with Crippen molar-refractivity contribution in [1.29, 1.82) is 0 Å². The molecule has 0 saturated heterocycles. The Kier molecular flexibility index (Phi) is 6.75. The number of benzene rings is 2. The van der Waals surface area contributed by atoms with Gasteiger partial charge in [0.15, 0.2) is 0 Å². The highest BCUT2D eigenvalue weighted by atomic mass is 35.5. The van der Waals surface area contributed by atoms with Crippen molar-refractivity contribution in [3.8, 4) is 11.5 Å². The lowest BCUT2D eigenvalue weighted by Gasteiger charge is -2.13. The highest BCUT2D eigenvalue weighted by Crippen LogP contribution is 2.39. The second-order valence-electron chi connectivity index (χ2n) is 5.24. The zero-order chi connectivity index (χ0) is 20.4. The Morgan fingerprint density at radius 3 is 2.41 bits per heavy atom. The van der Waals surface area contributed by atoms with Crippen LogP contribution in [0.4, 0.5) is 18.9 Å². The van der Waals surface area contributed by atoms with Crippen LogP contribution in [0.5, 0.6) is 11.5 Å². The van der Waals surface area contributed by atoms with Gasteiger partial charge in [-0.1, -0.05) is 18.5 Å². The highest BCUT2D eigenvalue weighted by Gasteiger charge is 2.32. The van der Waals surface area contributed by atoms with Crippen LogP contribution < -0.4 is 10.0 Å². The van der Waals surface area contributed by atoms with Crippen LogP contribution in [0.1, 0.15) is 18.1 Å². The van der Waals surface area contributed by atoms with E-state index in [1.807, 2.05) is 0 Å². The normalized spacial score (nSPS) is 12.0. The van der Waals surface area contributed by atoms with E-state index in [0.29, 0.717) is 12.0 Å². The van der Waals surface area contributed by atoms with Crippen molar-refractivity contribution >= 4 is 41.3 Å². The minimum Gasteiger partial charge on any atom is -0.455 e. The summed E-state index contributed by atoms with van der Waals surface area (Å²) in [5.74, 6) is 0.208. The second-order valence-corrected chi connectivity index (χ2v) is 8.01. The van der Waals surface area contributed by atoms with E-state index in [0.717, 1.165) is 18.2 Å².